The lowest BCUT2D eigenvalue weighted by Crippen LogP contribution is -2.52. The Labute approximate surface area is 212 Å². The fourth-order valence-electron chi connectivity index (χ4n) is 3.97. The van der Waals surface area contributed by atoms with Crippen molar-refractivity contribution in [3.8, 4) is 33.5 Å². The van der Waals surface area contributed by atoms with Crippen molar-refractivity contribution in [2.45, 2.75) is 26.0 Å². The van der Waals surface area contributed by atoms with Crippen LogP contribution in [0, 0.1) is 0 Å². The molecule has 5 rings (SSSR count). The highest BCUT2D eigenvalue weighted by Crippen LogP contribution is 2.39. The quantitative estimate of drug-likeness (QED) is 0.400. The third-order valence-corrected chi connectivity index (χ3v) is 6.78. The van der Waals surface area contributed by atoms with Gasteiger partial charge in [-0.2, -0.15) is 0 Å². The number of rotatable bonds is 6. The molecule has 1 N–H and O–H groups in total. The summed E-state index contributed by atoms with van der Waals surface area (Å²) in [5, 5.41) is 5.63. The maximum absolute atomic E-state index is 13.2. The average molecular weight is 501 g/mol. The van der Waals surface area contributed by atoms with E-state index in [2.05, 4.69) is 10.3 Å². The topological polar surface area (TPSA) is 93.7 Å². The maximum Gasteiger partial charge on any atom is 0.268 e. The number of benzene rings is 2. The number of nitrogens with zero attached hydrogens (tertiary/aromatic N) is 3. The molecule has 182 valence electrons. The van der Waals surface area contributed by atoms with Gasteiger partial charge in [0.25, 0.3) is 5.91 Å². The number of ether oxygens (including phenoxy) is 2. The molecule has 2 unspecified atom stereocenters. The van der Waals surface area contributed by atoms with Gasteiger partial charge in [-0.15, -0.1) is 11.3 Å². The predicted molar refractivity (Wildman–Crippen MR) is 139 cm³/mol. The first-order valence-corrected chi connectivity index (χ1v) is 12.3. The van der Waals surface area contributed by atoms with Crippen molar-refractivity contribution in [1.82, 2.24) is 9.97 Å². The van der Waals surface area contributed by atoms with Crippen LogP contribution in [-0.2, 0) is 9.59 Å². The predicted octanol–water partition coefficient (Wildman–Crippen LogP) is 5.02. The number of anilines is 2. The van der Waals surface area contributed by atoms with Gasteiger partial charge in [0.1, 0.15) is 22.5 Å². The number of carbonyl (C=O) groups excluding carboxylic acids is 2. The number of amides is 2. The standard InChI is InChI=1S/C27H24N4O4S/c1-16(25(32)29-19-8-10-20(34-3)11-9-19)31-23-14-18(7-12-24(23)35-17(2)27(31)33)22-15-36-26(30-22)21-6-4-5-13-28-21/h4-17H,1-3H3,(H,29,32). The van der Waals surface area contributed by atoms with E-state index in [-0.39, 0.29) is 11.8 Å². The van der Waals surface area contributed by atoms with E-state index in [0.717, 1.165) is 22.0 Å². The van der Waals surface area contributed by atoms with Crippen LogP contribution in [0.15, 0.2) is 72.2 Å². The number of carbonyl (C=O) groups is 2. The molecule has 0 radical (unpaired) electrons. The molecule has 9 heteroatoms. The average Bonchev–Trinajstić information content (AvgIpc) is 3.40. The third kappa shape index (κ3) is 4.52. The Balaban J connectivity index is 1.44. The lowest BCUT2D eigenvalue weighted by molar-refractivity contribution is -0.128. The molecule has 2 amide bonds. The molecular weight excluding hydrogens is 476 g/mol. The fraction of sp³-hybridized carbons (Fsp3) is 0.185. The molecule has 1 aliphatic heterocycles. The number of fused-ring (bicyclic) bond motifs is 1. The number of hydrogen-bond donors (Lipinski definition) is 1. The highest BCUT2D eigenvalue weighted by Gasteiger charge is 2.37. The lowest BCUT2D eigenvalue weighted by atomic mass is 10.1. The van der Waals surface area contributed by atoms with E-state index in [1.165, 1.54) is 16.2 Å². The number of aromatic nitrogens is 2. The first kappa shape index (κ1) is 23.5. The monoisotopic (exact) mass is 500 g/mol. The number of pyridine rings is 1. The van der Waals surface area contributed by atoms with E-state index >= 15 is 0 Å². The molecule has 0 saturated heterocycles. The summed E-state index contributed by atoms with van der Waals surface area (Å²) in [6.45, 7) is 3.38. The van der Waals surface area contributed by atoms with E-state index in [0.29, 0.717) is 22.9 Å². The fourth-order valence-corrected chi connectivity index (χ4v) is 4.78. The smallest absolute Gasteiger partial charge is 0.268 e. The zero-order valence-electron chi connectivity index (χ0n) is 20.0. The number of methoxy groups -OCH3 is 1. The zero-order chi connectivity index (χ0) is 25.2. The van der Waals surface area contributed by atoms with E-state index in [9.17, 15) is 9.59 Å². The molecule has 0 bridgehead atoms. The van der Waals surface area contributed by atoms with Crippen molar-refractivity contribution in [3.05, 3.63) is 72.2 Å². The van der Waals surface area contributed by atoms with Crippen molar-refractivity contribution in [2.24, 2.45) is 0 Å². The van der Waals surface area contributed by atoms with E-state index in [1.54, 1.807) is 51.4 Å². The Morgan fingerprint density at radius 2 is 1.94 bits per heavy atom. The zero-order valence-corrected chi connectivity index (χ0v) is 20.8. The first-order chi connectivity index (χ1) is 17.4. The second-order valence-electron chi connectivity index (χ2n) is 8.30. The summed E-state index contributed by atoms with van der Waals surface area (Å²) in [6, 6.07) is 17.5. The summed E-state index contributed by atoms with van der Waals surface area (Å²) in [4.78, 5) is 36.9. The van der Waals surface area contributed by atoms with Crippen molar-refractivity contribution in [3.63, 3.8) is 0 Å². The van der Waals surface area contributed by atoms with E-state index in [4.69, 9.17) is 14.5 Å². The molecule has 4 aromatic rings. The van der Waals surface area contributed by atoms with Crippen LogP contribution in [0.5, 0.6) is 11.5 Å². The van der Waals surface area contributed by atoms with Crippen molar-refractivity contribution in [1.29, 1.82) is 0 Å². The number of nitrogens with one attached hydrogen (secondary N) is 1. The van der Waals surface area contributed by atoms with Crippen LogP contribution in [0.4, 0.5) is 11.4 Å². The second kappa shape index (κ2) is 9.79. The number of thiazole rings is 1. The second-order valence-corrected chi connectivity index (χ2v) is 9.16. The van der Waals surface area contributed by atoms with Gasteiger partial charge in [-0.3, -0.25) is 19.5 Å². The van der Waals surface area contributed by atoms with Gasteiger partial charge in [-0.1, -0.05) is 6.07 Å². The highest BCUT2D eigenvalue weighted by atomic mass is 32.1. The number of hydrogen-bond acceptors (Lipinski definition) is 7. The van der Waals surface area contributed by atoms with Gasteiger partial charge in [-0.05, 0) is 68.4 Å². The molecule has 0 aliphatic carbocycles. The molecule has 2 atom stereocenters. The summed E-state index contributed by atoms with van der Waals surface area (Å²) in [5.74, 6) is 0.623. The Bertz CT molecular complexity index is 1410. The summed E-state index contributed by atoms with van der Waals surface area (Å²) in [7, 11) is 1.58. The Kier molecular flexibility index (Phi) is 6.39. The molecular formula is C27H24N4O4S. The van der Waals surface area contributed by atoms with Crippen molar-refractivity contribution >= 4 is 34.5 Å². The van der Waals surface area contributed by atoms with Gasteiger partial charge in [0, 0.05) is 22.8 Å². The Morgan fingerprint density at radius 3 is 2.67 bits per heavy atom. The molecule has 2 aromatic heterocycles. The minimum absolute atomic E-state index is 0.288. The summed E-state index contributed by atoms with van der Waals surface area (Å²) < 4.78 is 11.0. The molecule has 0 spiro atoms. The van der Waals surface area contributed by atoms with Gasteiger partial charge in [0.2, 0.25) is 5.91 Å². The van der Waals surface area contributed by atoms with Gasteiger partial charge in [-0.25, -0.2) is 4.98 Å². The lowest BCUT2D eigenvalue weighted by Gasteiger charge is -2.36. The minimum atomic E-state index is -0.778. The SMILES string of the molecule is COc1ccc(NC(=O)C(C)N2C(=O)C(C)Oc3ccc(-c4csc(-c5ccccn5)n4)cc32)cc1. The minimum Gasteiger partial charge on any atom is -0.497 e. The highest BCUT2D eigenvalue weighted by molar-refractivity contribution is 7.13. The molecule has 3 heterocycles. The van der Waals surface area contributed by atoms with E-state index in [1.807, 2.05) is 41.8 Å². The van der Waals surface area contributed by atoms with Gasteiger partial charge < -0.3 is 14.8 Å². The van der Waals surface area contributed by atoms with Gasteiger partial charge in [0.15, 0.2) is 6.10 Å². The summed E-state index contributed by atoms with van der Waals surface area (Å²) in [6.07, 6.45) is 1.02. The Hall–Kier alpha value is -4.24. The van der Waals surface area contributed by atoms with Gasteiger partial charge in [0.05, 0.1) is 24.2 Å². The molecule has 8 nitrogen and oxygen atoms in total. The van der Waals surface area contributed by atoms with Crippen LogP contribution < -0.4 is 19.7 Å². The first-order valence-electron chi connectivity index (χ1n) is 11.4. The van der Waals surface area contributed by atoms with Crippen LogP contribution >= 0.6 is 11.3 Å². The molecule has 1 aliphatic rings. The molecule has 0 saturated carbocycles. The summed E-state index contributed by atoms with van der Waals surface area (Å²) in [5.41, 5.74) is 3.50. The molecule has 2 aromatic carbocycles. The van der Waals surface area contributed by atoms with Crippen LogP contribution in [0.1, 0.15) is 13.8 Å². The molecule has 36 heavy (non-hydrogen) atoms. The third-order valence-electron chi connectivity index (χ3n) is 5.92. The maximum atomic E-state index is 13.2. The molecule has 0 fully saturated rings. The summed E-state index contributed by atoms with van der Waals surface area (Å²) >= 11 is 1.49. The van der Waals surface area contributed by atoms with Crippen LogP contribution in [0.25, 0.3) is 22.0 Å². The van der Waals surface area contributed by atoms with Crippen LogP contribution in [-0.4, -0.2) is 41.0 Å². The normalized spacial score (nSPS) is 15.6. The van der Waals surface area contributed by atoms with Crippen LogP contribution in [0.3, 0.4) is 0 Å². The van der Waals surface area contributed by atoms with Crippen molar-refractivity contribution < 1.29 is 19.1 Å². The van der Waals surface area contributed by atoms with Crippen molar-refractivity contribution in [2.75, 3.05) is 17.3 Å². The van der Waals surface area contributed by atoms with Crippen LogP contribution in [0.2, 0.25) is 0 Å². The van der Waals surface area contributed by atoms with E-state index < -0.39 is 12.1 Å². The van der Waals surface area contributed by atoms with Gasteiger partial charge >= 0.3 is 0 Å². The Morgan fingerprint density at radius 1 is 1.14 bits per heavy atom. The largest absolute Gasteiger partial charge is 0.497 e.